The lowest BCUT2D eigenvalue weighted by atomic mass is 9.76. The molecule has 0 saturated heterocycles. The first-order chi connectivity index (χ1) is 14.1. The standard InChI is InChI=1S/C24H29BrN2O2/c1-26-23(28)21(16-17-9-8-14-20(25)15-17)27-24(29)22(18-10-4-2-5-11-18)19-12-6-3-7-13-19/h2,4-5,8-11,14-15,19,21-22H,3,6-7,12-13,16H2,1H3,(H,26,28)(H,27,29)/t21-,22?/m0/s1. The van der Waals surface area contributed by atoms with Crippen molar-refractivity contribution in [2.24, 2.45) is 5.92 Å². The summed E-state index contributed by atoms with van der Waals surface area (Å²) in [6.07, 6.45) is 6.14. The number of halogens is 1. The maximum absolute atomic E-state index is 13.4. The van der Waals surface area contributed by atoms with Crippen LogP contribution in [0.5, 0.6) is 0 Å². The molecule has 5 heteroatoms. The van der Waals surface area contributed by atoms with Gasteiger partial charge in [0.2, 0.25) is 11.8 Å². The first kappa shape index (κ1) is 21.6. The molecule has 1 unspecified atom stereocenters. The molecule has 2 N–H and O–H groups in total. The lowest BCUT2D eigenvalue weighted by molar-refractivity contribution is -0.130. The Morgan fingerprint density at radius 3 is 2.38 bits per heavy atom. The molecule has 0 aliphatic heterocycles. The average molecular weight is 457 g/mol. The molecule has 29 heavy (non-hydrogen) atoms. The van der Waals surface area contributed by atoms with Crippen molar-refractivity contribution >= 4 is 27.7 Å². The molecular weight excluding hydrogens is 428 g/mol. The maximum Gasteiger partial charge on any atom is 0.242 e. The minimum Gasteiger partial charge on any atom is -0.357 e. The highest BCUT2D eigenvalue weighted by Crippen LogP contribution is 2.36. The molecular formula is C24H29BrN2O2. The van der Waals surface area contributed by atoms with Gasteiger partial charge in [-0.3, -0.25) is 9.59 Å². The van der Waals surface area contributed by atoms with E-state index in [1.807, 2.05) is 54.6 Å². The summed E-state index contributed by atoms with van der Waals surface area (Å²) in [7, 11) is 1.61. The predicted molar refractivity (Wildman–Crippen MR) is 120 cm³/mol. The molecule has 1 fully saturated rings. The highest BCUT2D eigenvalue weighted by atomic mass is 79.9. The number of carbonyl (C=O) groups excluding carboxylic acids is 2. The molecule has 0 spiro atoms. The number of nitrogens with one attached hydrogen (secondary N) is 2. The molecule has 2 aromatic rings. The van der Waals surface area contributed by atoms with Gasteiger partial charge in [-0.1, -0.05) is 77.7 Å². The summed E-state index contributed by atoms with van der Waals surface area (Å²) in [6, 6.07) is 17.2. The Hall–Kier alpha value is -2.14. The van der Waals surface area contributed by atoms with Crippen molar-refractivity contribution in [1.29, 1.82) is 0 Å². The third kappa shape index (κ3) is 5.92. The molecule has 0 radical (unpaired) electrons. The van der Waals surface area contributed by atoms with Crippen LogP contribution in [0.1, 0.15) is 49.1 Å². The van der Waals surface area contributed by atoms with E-state index in [4.69, 9.17) is 0 Å². The Morgan fingerprint density at radius 2 is 1.72 bits per heavy atom. The summed E-state index contributed by atoms with van der Waals surface area (Å²) >= 11 is 3.48. The van der Waals surface area contributed by atoms with Crippen LogP contribution in [0.3, 0.4) is 0 Å². The molecule has 2 aromatic carbocycles. The maximum atomic E-state index is 13.4. The zero-order valence-electron chi connectivity index (χ0n) is 16.9. The van der Waals surface area contributed by atoms with Gasteiger partial charge in [-0.15, -0.1) is 0 Å². The molecule has 154 valence electrons. The van der Waals surface area contributed by atoms with Gasteiger partial charge in [0.1, 0.15) is 6.04 Å². The Balaban J connectivity index is 1.81. The zero-order chi connectivity index (χ0) is 20.6. The zero-order valence-corrected chi connectivity index (χ0v) is 18.5. The van der Waals surface area contributed by atoms with Crippen molar-refractivity contribution in [1.82, 2.24) is 10.6 Å². The second kappa shape index (κ2) is 10.6. The SMILES string of the molecule is CNC(=O)[C@H](Cc1cccc(Br)c1)NC(=O)C(c1ccccc1)C1CCCCC1. The molecule has 3 rings (SSSR count). The molecule has 2 amide bonds. The third-order valence-corrected chi connectivity index (χ3v) is 6.26. The summed E-state index contributed by atoms with van der Waals surface area (Å²) in [6.45, 7) is 0. The molecule has 1 saturated carbocycles. The quantitative estimate of drug-likeness (QED) is 0.639. The molecule has 0 bridgehead atoms. The van der Waals surface area contributed by atoms with E-state index < -0.39 is 6.04 Å². The van der Waals surface area contributed by atoms with Crippen molar-refractivity contribution in [3.63, 3.8) is 0 Å². The van der Waals surface area contributed by atoms with E-state index in [0.29, 0.717) is 12.3 Å². The summed E-state index contributed by atoms with van der Waals surface area (Å²) in [4.78, 5) is 26.0. The first-order valence-electron chi connectivity index (χ1n) is 10.4. The largest absolute Gasteiger partial charge is 0.357 e. The molecule has 0 heterocycles. The van der Waals surface area contributed by atoms with Crippen LogP contribution in [0.15, 0.2) is 59.1 Å². The predicted octanol–water partition coefficient (Wildman–Crippen LogP) is 4.59. The Morgan fingerprint density at radius 1 is 1.00 bits per heavy atom. The monoisotopic (exact) mass is 456 g/mol. The van der Waals surface area contributed by atoms with Crippen molar-refractivity contribution in [2.45, 2.75) is 50.5 Å². The molecule has 4 nitrogen and oxygen atoms in total. The average Bonchev–Trinajstić information content (AvgIpc) is 2.74. The number of amides is 2. The minimum atomic E-state index is -0.600. The number of benzene rings is 2. The van der Waals surface area contributed by atoms with Crippen LogP contribution >= 0.6 is 15.9 Å². The van der Waals surface area contributed by atoms with Gasteiger partial charge in [0.05, 0.1) is 5.92 Å². The number of hydrogen-bond donors (Lipinski definition) is 2. The van der Waals surface area contributed by atoms with Crippen LogP contribution in [-0.4, -0.2) is 24.9 Å². The topological polar surface area (TPSA) is 58.2 Å². The molecule has 2 atom stereocenters. The second-order valence-corrected chi connectivity index (χ2v) is 8.71. The minimum absolute atomic E-state index is 0.0494. The summed E-state index contributed by atoms with van der Waals surface area (Å²) in [5.41, 5.74) is 2.04. The van der Waals surface area contributed by atoms with Crippen molar-refractivity contribution in [3.05, 3.63) is 70.2 Å². The number of hydrogen-bond acceptors (Lipinski definition) is 2. The van der Waals surface area contributed by atoms with Crippen molar-refractivity contribution < 1.29 is 9.59 Å². The van der Waals surface area contributed by atoms with E-state index in [9.17, 15) is 9.59 Å². The van der Waals surface area contributed by atoms with E-state index in [2.05, 4.69) is 26.6 Å². The van der Waals surface area contributed by atoms with Crippen LogP contribution in [0.25, 0.3) is 0 Å². The van der Waals surface area contributed by atoms with Gasteiger partial charge in [0, 0.05) is 17.9 Å². The normalized spacial score (nSPS) is 16.6. The van der Waals surface area contributed by atoms with Crippen LogP contribution < -0.4 is 10.6 Å². The van der Waals surface area contributed by atoms with E-state index in [-0.39, 0.29) is 17.7 Å². The van der Waals surface area contributed by atoms with Gasteiger partial charge in [-0.25, -0.2) is 0 Å². The fraction of sp³-hybridized carbons (Fsp3) is 0.417. The van der Waals surface area contributed by atoms with E-state index in [1.165, 1.54) is 6.42 Å². The fourth-order valence-electron chi connectivity index (χ4n) is 4.31. The molecule has 1 aliphatic carbocycles. The highest BCUT2D eigenvalue weighted by Gasteiger charge is 2.33. The first-order valence-corrected chi connectivity index (χ1v) is 11.2. The van der Waals surface area contributed by atoms with Gasteiger partial charge < -0.3 is 10.6 Å². The van der Waals surface area contributed by atoms with Crippen molar-refractivity contribution in [3.8, 4) is 0 Å². The summed E-state index contributed by atoms with van der Waals surface area (Å²) < 4.78 is 0.960. The van der Waals surface area contributed by atoms with E-state index >= 15 is 0 Å². The van der Waals surface area contributed by atoms with Gasteiger partial charge in [0.15, 0.2) is 0 Å². The van der Waals surface area contributed by atoms with Crippen molar-refractivity contribution in [2.75, 3.05) is 7.05 Å². The van der Waals surface area contributed by atoms with Crippen LogP contribution in [-0.2, 0) is 16.0 Å². The number of carbonyl (C=O) groups is 2. The number of likely N-dealkylation sites (N-methyl/N-ethyl adjacent to an activating group) is 1. The van der Waals surface area contributed by atoms with E-state index in [1.54, 1.807) is 7.05 Å². The van der Waals surface area contributed by atoms with Gasteiger partial charge in [-0.05, 0) is 42.0 Å². The third-order valence-electron chi connectivity index (χ3n) is 5.77. The van der Waals surface area contributed by atoms with Gasteiger partial charge in [-0.2, -0.15) is 0 Å². The lowest BCUT2D eigenvalue weighted by Crippen LogP contribution is -2.49. The summed E-state index contributed by atoms with van der Waals surface area (Å²) in [5, 5.41) is 5.76. The molecule has 1 aliphatic rings. The summed E-state index contributed by atoms with van der Waals surface area (Å²) in [5.74, 6) is -0.117. The fourth-order valence-corrected chi connectivity index (χ4v) is 4.76. The Labute approximate surface area is 181 Å². The van der Waals surface area contributed by atoms with Gasteiger partial charge in [0.25, 0.3) is 0 Å². The smallest absolute Gasteiger partial charge is 0.242 e. The van der Waals surface area contributed by atoms with Crippen LogP contribution in [0.2, 0.25) is 0 Å². The highest BCUT2D eigenvalue weighted by molar-refractivity contribution is 9.10. The lowest BCUT2D eigenvalue weighted by Gasteiger charge is -2.31. The van der Waals surface area contributed by atoms with Crippen LogP contribution in [0.4, 0.5) is 0 Å². The molecule has 0 aromatic heterocycles. The van der Waals surface area contributed by atoms with E-state index in [0.717, 1.165) is 41.3 Å². The van der Waals surface area contributed by atoms with Crippen LogP contribution in [0, 0.1) is 5.92 Å². The van der Waals surface area contributed by atoms with Gasteiger partial charge >= 0.3 is 0 Å². The Bertz CT molecular complexity index is 819. The number of rotatable bonds is 7. The second-order valence-electron chi connectivity index (χ2n) is 7.80. The Kier molecular flexibility index (Phi) is 7.87.